The van der Waals surface area contributed by atoms with E-state index >= 15 is 0 Å². The molecule has 8 heteroatoms. The van der Waals surface area contributed by atoms with Crippen molar-refractivity contribution in [3.05, 3.63) is 18.0 Å². The van der Waals surface area contributed by atoms with Crippen LogP contribution in [0.2, 0.25) is 0 Å². The van der Waals surface area contributed by atoms with E-state index in [1.807, 2.05) is 20.3 Å². The number of morpholine rings is 1. The van der Waals surface area contributed by atoms with Gasteiger partial charge in [-0.2, -0.15) is 5.10 Å². The van der Waals surface area contributed by atoms with Crippen molar-refractivity contribution in [3.63, 3.8) is 0 Å². The first-order valence-corrected chi connectivity index (χ1v) is 9.41. The molecular formula is C18H32ClN5O2. The van der Waals surface area contributed by atoms with Gasteiger partial charge in [0, 0.05) is 44.0 Å². The molecule has 148 valence electrons. The molecule has 1 aromatic rings. The minimum absolute atomic E-state index is 0. The zero-order valence-corrected chi connectivity index (χ0v) is 16.7. The highest BCUT2D eigenvalue weighted by molar-refractivity contribution is 5.85. The number of aryl methyl sites for hydroxylation is 1. The van der Waals surface area contributed by atoms with Crippen LogP contribution in [0.3, 0.4) is 0 Å². The fourth-order valence-corrected chi connectivity index (χ4v) is 4.24. The summed E-state index contributed by atoms with van der Waals surface area (Å²) in [6, 6.07) is -0.362. The van der Waals surface area contributed by atoms with Gasteiger partial charge in [0.15, 0.2) is 0 Å². The molecule has 2 heterocycles. The molecule has 2 N–H and O–H groups in total. The molecule has 1 amide bonds. The lowest BCUT2D eigenvalue weighted by molar-refractivity contribution is -0.124. The minimum atomic E-state index is -0.362. The van der Waals surface area contributed by atoms with Gasteiger partial charge in [0.2, 0.25) is 5.91 Å². The predicted octanol–water partition coefficient (Wildman–Crippen LogP) is 1.25. The molecule has 26 heavy (non-hydrogen) atoms. The first kappa shape index (κ1) is 21.2. The normalized spacial score (nSPS) is 21.6. The third-order valence-corrected chi connectivity index (χ3v) is 5.67. The Kier molecular flexibility index (Phi) is 7.88. The fourth-order valence-electron chi connectivity index (χ4n) is 4.24. The molecule has 0 bridgehead atoms. The van der Waals surface area contributed by atoms with Crippen molar-refractivity contribution in [2.75, 3.05) is 39.9 Å². The SMILES string of the molecule is CNC(C(=O)NCC1(N2CCOCC2)CCCCC1)c1cnn(C)c1.Cl. The second-order valence-corrected chi connectivity index (χ2v) is 7.27. The number of amides is 1. The van der Waals surface area contributed by atoms with Crippen LogP contribution in [0.5, 0.6) is 0 Å². The molecule has 1 saturated heterocycles. The molecule has 0 spiro atoms. The van der Waals surface area contributed by atoms with E-state index in [-0.39, 0.29) is 29.9 Å². The number of hydrogen-bond donors (Lipinski definition) is 2. The molecule has 0 aromatic carbocycles. The van der Waals surface area contributed by atoms with E-state index < -0.39 is 0 Å². The fraction of sp³-hybridized carbons (Fsp3) is 0.778. The number of halogens is 1. The average Bonchev–Trinajstić information content (AvgIpc) is 3.08. The standard InChI is InChI=1S/C18H31N5O2.ClH/c1-19-16(15-12-21-22(2)13-15)17(24)20-14-18(6-4-3-5-7-18)23-8-10-25-11-9-23;/h12-13,16,19H,3-11,14H2,1-2H3,(H,20,24);1H. The molecule has 7 nitrogen and oxygen atoms in total. The quantitative estimate of drug-likeness (QED) is 0.771. The van der Waals surface area contributed by atoms with Crippen molar-refractivity contribution in [1.82, 2.24) is 25.3 Å². The summed E-state index contributed by atoms with van der Waals surface area (Å²) >= 11 is 0. The highest BCUT2D eigenvalue weighted by Crippen LogP contribution is 2.34. The zero-order valence-electron chi connectivity index (χ0n) is 15.9. The van der Waals surface area contributed by atoms with Gasteiger partial charge in [-0.25, -0.2) is 0 Å². The number of nitrogens with one attached hydrogen (secondary N) is 2. The van der Waals surface area contributed by atoms with Crippen LogP contribution in [0.1, 0.15) is 43.7 Å². The Morgan fingerprint density at radius 1 is 1.31 bits per heavy atom. The van der Waals surface area contributed by atoms with Crippen molar-refractivity contribution in [2.24, 2.45) is 7.05 Å². The minimum Gasteiger partial charge on any atom is -0.379 e. The molecule has 3 rings (SSSR count). The summed E-state index contributed by atoms with van der Waals surface area (Å²) in [5, 5.41) is 10.5. The molecule has 1 aromatic heterocycles. The van der Waals surface area contributed by atoms with Crippen LogP contribution in [0.25, 0.3) is 0 Å². The van der Waals surface area contributed by atoms with E-state index in [1.165, 1.54) is 19.3 Å². The largest absolute Gasteiger partial charge is 0.379 e. The highest BCUT2D eigenvalue weighted by Gasteiger charge is 2.39. The Morgan fingerprint density at radius 2 is 2.00 bits per heavy atom. The highest BCUT2D eigenvalue weighted by atomic mass is 35.5. The maximum atomic E-state index is 12.8. The van der Waals surface area contributed by atoms with Crippen LogP contribution >= 0.6 is 12.4 Å². The molecule has 2 aliphatic rings. The third kappa shape index (κ3) is 4.76. The van der Waals surface area contributed by atoms with Gasteiger partial charge < -0.3 is 15.4 Å². The Hall–Kier alpha value is -1.15. The van der Waals surface area contributed by atoms with Crippen LogP contribution < -0.4 is 10.6 Å². The Balaban J connectivity index is 0.00000243. The summed E-state index contributed by atoms with van der Waals surface area (Å²) in [6.45, 7) is 4.24. The van der Waals surface area contributed by atoms with Gasteiger partial charge in [0.25, 0.3) is 0 Å². The number of aromatic nitrogens is 2. The van der Waals surface area contributed by atoms with Crippen molar-refractivity contribution in [2.45, 2.75) is 43.7 Å². The summed E-state index contributed by atoms with van der Waals surface area (Å²) in [6.07, 6.45) is 9.73. The van der Waals surface area contributed by atoms with Crippen molar-refractivity contribution in [1.29, 1.82) is 0 Å². The van der Waals surface area contributed by atoms with Gasteiger partial charge in [-0.1, -0.05) is 19.3 Å². The number of hydrogen-bond acceptors (Lipinski definition) is 5. The average molecular weight is 386 g/mol. The molecule has 1 aliphatic carbocycles. The molecule has 1 atom stereocenters. The molecular weight excluding hydrogens is 354 g/mol. The molecule has 0 radical (unpaired) electrons. The number of rotatable bonds is 6. The monoisotopic (exact) mass is 385 g/mol. The number of ether oxygens (including phenoxy) is 1. The van der Waals surface area contributed by atoms with Gasteiger partial charge in [0.05, 0.1) is 19.4 Å². The van der Waals surface area contributed by atoms with Gasteiger partial charge in [-0.05, 0) is 19.9 Å². The number of likely N-dealkylation sites (N-methyl/N-ethyl adjacent to an activating group) is 1. The number of nitrogens with zero attached hydrogens (tertiary/aromatic N) is 3. The molecule has 2 fully saturated rings. The van der Waals surface area contributed by atoms with Crippen LogP contribution in [0.15, 0.2) is 12.4 Å². The lowest BCUT2D eigenvalue weighted by Crippen LogP contribution is -2.60. The topological polar surface area (TPSA) is 71.4 Å². The van der Waals surface area contributed by atoms with Crippen LogP contribution in [0.4, 0.5) is 0 Å². The van der Waals surface area contributed by atoms with E-state index in [1.54, 1.807) is 10.9 Å². The van der Waals surface area contributed by atoms with E-state index in [9.17, 15) is 4.79 Å². The Labute approximate surface area is 162 Å². The van der Waals surface area contributed by atoms with Gasteiger partial charge >= 0.3 is 0 Å². The van der Waals surface area contributed by atoms with Gasteiger partial charge in [-0.3, -0.25) is 14.4 Å². The maximum absolute atomic E-state index is 12.8. The predicted molar refractivity (Wildman–Crippen MR) is 103 cm³/mol. The van der Waals surface area contributed by atoms with Crippen molar-refractivity contribution < 1.29 is 9.53 Å². The maximum Gasteiger partial charge on any atom is 0.241 e. The summed E-state index contributed by atoms with van der Waals surface area (Å²) in [7, 11) is 3.68. The lowest BCUT2D eigenvalue weighted by atomic mass is 9.79. The van der Waals surface area contributed by atoms with Gasteiger partial charge in [0.1, 0.15) is 6.04 Å². The smallest absolute Gasteiger partial charge is 0.241 e. The zero-order chi connectivity index (χ0) is 17.7. The first-order valence-electron chi connectivity index (χ1n) is 9.41. The summed E-state index contributed by atoms with van der Waals surface area (Å²) in [4.78, 5) is 15.3. The molecule has 1 saturated carbocycles. The number of carbonyl (C=O) groups is 1. The van der Waals surface area contributed by atoms with E-state index in [0.29, 0.717) is 6.54 Å². The van der Waals surface area contributed by atoms with E-state index in [2.05, 4.69) is 20.6 Å². The molecule has 1 unspecified atom stereocenters. The summed E-state index contributed by atoms with van der Waals surface area (Å²) in [5.74, 6) is 0.0220. The van der Waals surface area contributed by atoms with Crippen molar-refractivity contribution in [3.8, 4) is 0 Å². The van der Waals surface area contributed by atoms with Crippen LogP contribution in [-0.2, 0) is 16.6 Å². The second kappa shape index (κ2) is 9.69. The van der Waals surface area contributed by atoms with Gasteiger partial charge in [-0.15, -0.1) is 12.4 Å². The van der Waals surface area contributed by atoms with E-state index in [0.717, 1.165) is 44.7 Å². The van der Waals surface area contributed by atoms with Crippen LogP contribution in [-0.4, -0.2) is 66.0 Å². The Bertz CT molecular complexity index is 568. The van der Waals surface area contributed by atoms with E-state index in [4.69, 9.17) is 4.74 Å². The Morgan fingerprint density at radius 3 is 2.58 bits per heavy atom. The second-order valence-electron chi connectivity index (χ2n) is 7.27. The van der Waals surface area contributed by atoms with Crippen LogP contribution in [0, 0.1) is 0 Å². The number of carbonyl (C=O) groups excluding carboxylic acids is 1. The summed E-state index contributed by atoms with van der Waals surface area (Å²) < 4.78 is 7.25. The lowest BCUT2D eigenvalue weighted by Gasteiger charge is -2.48. The molecule has 1 aliphatic heterocycles. The van der Waals surface area contributed by atoms with Crippen molar-refractivity contribution >= 4 is 18.3 Å². The third-order valence-electron chi connectivity index (χ3n) is 5.67. The summed E-state index contributed by atoms with van der Waals surface area (Å²) in [5.41, 5.74) is 0.983. The first-order chi connectivity index (χ1) is 12.1.